The summed E-state index contributed by atoms with van der Waals surface area (Å²) in [5, 5.41) is 10.8. The summed E-state index contributed by atoms with van der Waals surface area (Å²) in [5.41, 5.74) is 2.47. The monoisotopic (exact) mass is 239 g/mol. The first-order valence-electron chi connectivity index (χ1n) is 5.42. The lowest BCUT2D eigenvalue weighted by molar-refractivity contribution is -0.384. The van der Waals surface area contributed by atoms with Gasteiger partial charge in [-0.3, -0.25) is 14.7 Å². The fourth-order valence-corrected chi connectivity index (χ4v) is 1.90. The van der Waals surface area contributed by atoms with Gasteiger partial charge in [-0.2, -0.15) is 0 Å². The molecule has 3 aromatic rings. The number of nitrogens with zero attached hydrogens (tertiary/aromatic N) is 3. The van der Waals surface area contributed by atoms with E-state index in [9.17, 15) is 10.1 Å². The van der Waals surface area contributed by atoms with Crippen LogP contribution in [0.4, 0.5) is 5.69 Å². The minimum Gasteiger partial charge on any atom is -0.299 e. The molecule has 3 rings (SSSR count). The molecule has 0 radical (unpaired) electrons. The van der Waals surface area contributed by atoms with E-state index in [1.54, 1.807) is 12.4 Å². The maximum atomic E-state index is 10.8. The summed E-state index contributed by atoms with van der Waals surface area (Å²) >= 11 is 0. The highest BCUT2D eigenvalue weighted by molar-refractivity contribution is 5.79. The first kappa shape index (κ1) is 10.5. The normalized spacial score (nSPS) is 10.7. The van der Waals surface area contributed by atoms with E-state index in [0.29, 0.717) is 0 Å². The van der Waals surface area contributed by atoms with Gasteiger partial charge >= 0.3 is 0 Å². The van der Waals surface area contributed by atoms with E-state index in [1.807, 2.05) is 34.9 Å². The molecule has 18 heavy (non-hydrogen) atoms. The van der Waals surface area contributed by atoms with Gasteiger partial charge in [-0.05, 0) is 18.2 Å². The van der Waals surface area contributed by atoms with Crippen LogP contribution in [0.2, 0.25) is 0 Å². The second-order valence-corrected chi connectivity index (χ2v) is 3.88. The van der Waals surface area contributed by atoms with Gasteiger partial charge < -0.3 is 0 Å². The van der Waals surface area contributed by atoms with Gasteiger partial charge in [0, 0.05) is 17.8 Å². The molecule has 0 N–H and O–H groups in total. The minimum absolute atomic E-state index is 0.0696. The molecule has 0 unspecified atom stereocenters. The van der Waals surface area contributed by atoms with Crippen molar-refractivity contribution in [3.63, 3.8) is 0 Å². The number of rotatable bonds is 2. The number of nitro benzene ring substituents is 1. The smallest absolute Gasteiger partial charge is 0.271 e. The maximum absolute atomic E-state index is 10.8. The summed E-state index contributed by atoms with van der Waals surface area (Å²) in [6.45, 7) is 0. The molecule has 0 bridgehead atoms. The van der Waals surface area contributed by atoms with Crippen molar-refractivity contribution in [2.75, 3.05) is 0 Å². The highest BCUT2D eigenvalue weighted by Gasteiger charge is 2.10. The predicted octanol–water partition coefficient (Wildman–Crippen LogP) is 2.93. The fraction of sp³-hybridized carbons (Fsp3) is 0. The zero-order valence-electron chi connectivity index (χ0n) is 9.35. The van der Waals surface area contributed by atoms with Gasteiger partial charge in [-0.25, -0.2) is 4.98 Å². The molecule has 0 aliphatic carbocycles. The molecule has 5 nitrogen and oxygen atoms in total. The van der Waals surface area contributed by atoms with Crippen LogP contribution in [0.3, 0.4) is 0 Å². The molecule has 0 fully saturated rings. The Bertz CT molecular complexity index is 719. The lowest BCUT2D eigenvalue weighted by atomic mass is 10.2. The Labute approximate surface area is 102 Å². The number of aromatic nitrogens is 2. The molecule has 0 amide bonds. The highest BCUT2D eigenvalue weighted by atomic mass is 16.6. The van der Waals surface area contributed by atoms with E-state index in [2.05, 4.69) is 4.98 Å². The van der Waals surface area contributed by atoms with Gasteiger partial charge in [0.05, 0.1) is 16.0 Å². The van der Waals surface area contributed by atoms with Crippen LogP contribution in [0.25, 0.3) is 16.7 Å². The molecule has 2 aromatic carbocycles. The Morgan fingerprint density at radius 1 is 1.11 bits per heavy atom. The lowest BCUT2D eigenvalue weighted by Gasteiger charge is -2.03. The molecule has 0 saturated heterocycles. The molecule has 0 saturated carbocycles. The van der Waals surface area contributed by atoms with Crippen molar-refractivity contribution in [1.29, 1.82) is 0 Å². The largest absolute Gasteiger partial charge is 0.299 e. The van der Waals surface area contributed by atoms with Crippen molar-refractivity contribution in [3.8, 4) is 5.69 Å². The lowest BCUT2D eigenvalue weighted by Crippen LogP contribution is -1.92. The van der Waals surface area contributed by atoms with Gasteiger partial charge in [0.1, 0.15) is 6.33 Å². The van der Waals surface area contributed by atoms with Crippen LogP contribution in [-0.2, 0) is 0 Å². The highest BCUT2D eigenvalue weighted by Crippen LogP contribution is 2.22. The molecule has 5 heteroatoms. The van der Waals surface area contributed by atoms with Crippen LogP contribution in [0.5, 0.6) is 0 Å². The average Bonchev–Trinajstić information content (AvgIpc) is 2.82. The quantitative estimate of drug-likeness (QED) is 0.510. The van der Waals surface area contributed by atoms with Crippen LogP contribution >= 0.6 is 0 Å². The predicted molar refractivity (Wildman–Crippen MR) is 67.7 cm³/mol. The van der Waals surface area contributed by atoms with Gasteiger partial charge in [0.15, 0.2) is 0 Å². The fourth-order valence-electron chi connectivity index (χ4n) is 1.90. The Hall–Kier alpha value is -2.69. The molecule has 88 valence electrons. The van der Waals surface area contributed by atoms with Crippen LogP contribution in [0, 0.1) is 10.1 Å². The number of imidazole rings is 1. The standard InChI is InChI=1S/C13H9N3O2/c17-16(18)11-6-7-12-13(8-11)15(9-14-12)10-4-2-1-3-5-10/h1-9H. The number of nitro groups is 1. The van der Waals surface area contributed by atoms with E-state index < -0.39 is 4.92 Å². The van der Waals surface area contributed by atoms with E-state index in [0.717, 1.165) is 16.7 Å². The van der Waals surface area contributed by atoms with E-state index >= 15 is 0 Å². The molecular weight excluding hydrogens is 230 g/mol. The van der Waals surface area contributed by atoms with Crippen molar-refractivity contribution >= 4 is 16.7 Å². The van der Waals surface area contributed by atoms with Crippen LogP contribution in [-0.4, -0.2) is 14.5 Å². The minimum atomic E-state index is -0.401. The number of para-hydroxylation sites is 1. The van der Waals surface area contributed by atoms with E-state index in [1.165, 1.54) is 12.1 Å². The summed E-state index contributed by atoms with van der Waals surface area (Å²) in [6.07, 6.45) is 1.67. The summed E-state index contributed by atoms with van der Waals surface area (Å²) in [5.74, 6) is 0. The van der Waals surface area contributed by atoms with Gasteiger partial charge in [-0.1, -0.05) is 18.2 Å². The number of fused-ring (bicyclic) bond motifs is 1. The second kappa shape index (κ2) is 3.96. The number of non-ortho nitro benzene ring substituents is 1. The van der Waals surface area contributed by atoms with Crippen molar-refractivity contribution in [3.05, 3.63) is 65.0 Å². The van der Waals surface area contributed by atoms with Crippen molar-refractivity contribution in [2.45, 2.75) is 0 Å². The molecule has 0 aliphatic heterocycles. The summed E-state index contributed by atoms with van der Waals surface area (Å²) in [7, 11) is 0. The molecule has 0 spiro atoms. The number of hydrogen-bond donors (Lipinski definition) is 0. The SMILES string of the molecule is O=[N+]([O-])c1ccc2ncn(-c3ccccc3)c2c1. The second-order valence-electron chi connectivity index (χ2n) is 3.88. The zero-order valence-corrected chi connectivity index (χ0v) is 9.35. The molecule has 0 aliphatic rings. The zero-order chi connectivity index (χ0) is 12.5. The molecule has 0 atom stereocenters. The van der Waals surface area contributed by atoms with E-state index in [4.69, 9.17) is 0 Å². The number of hydrogen-bond acceptors (Lipinski definition) is 3. The summed E-state index contributed by atoms with van der Waals surface area (Å²) in [4.78, 5) is 14.6. The topological polar surface area (TPSA) is 61.0 Å². The third kappa shape index (κ3) is 1.62. The van der Waals surface area contributed by atoms with Gasteiger partial charge in [-0.15, -0.1) is 0 Å². The molecule has 1 heterocycles. The maximum Gasteiger partial charge on any atom is 0.271 e. The van der Waals surface area contributed by atoms with Crippen LogP contribution < -0.4 is 0 Å². The van der Waals surface area contributed by atoms with Gasteiger partial charge in [0.2, 0.25) is 0 Å². The van der Waals surface area contributed by atoms with E-state index in [-0.39, 0.29) is 5.69 Å². The average molecular weight is 239 g/mol. The Morgan fingerprint density at radius 3 is 2.61 bits per heavy atom. The Balaban J connectivity index is 2.24. The van der Waals surface area contributed by atoms with Crippen LogP contribution in [0.1, 0.15) is 0 Å². The van der Waals surface area contributed by atoms with Gasteiger partial charge in [0.25, 0.3) is 5.69 Å². The van der Waals surface area contributed by atoms with Crippen molar-refractivity contribution < 1.29 is 4.92 Å². The van der Waals surface area contributed by atoms with Crippen molar-refractivity contribution in [2.24, 2.45) is 0 Å². The van der Waals surface area contributed by atoms with Crippen LogP contribution in [0.15, 0.2) is 54.9 Å². The third-order valence-corrected chi connectivity index (χ3v) is 2.78. The molecule has 1 aromatic heterocycles. The Kier molecular flexibility index (Phi) is 2.30. The first-order chi connectivity index (χ1) is 8.75. The van der Waals surface area contributed by atoms with Crippen molar-refractivity contribution in [1.82, 2.24) is 9.55 Å². The summed E-state index contributed by atoms with van der Waals surface area (Å²) < 4.78 is 1.84. The first-order valence-corrected chi connectivity index (χ1v) is 5.42. The summed E-state index contributed by atoms with van der Waals surface area (Å²) in [6, 6.07) is 14.3. The third-order valence-electron chi connectivity index (χ3n) is 2.78. The Morgan fingerprint density at radius 2 is 1.89 bits per heavy atom. The number of benzene rings is 2. The molecular formula is C13H9N3O2.